The maximum atomic E-state index is 12.8. The Morgan fingerprint density at radius 1 is 0.444 bits per heavy atom. The van der Waals surface area contributed by atoms with Crippen molar-refractivity contribution in [1.29, 1.82) is 0 Å². The molecule has 0 saturated heterocycles. The molecular weight excluding hydrogens is 448 g/mol. The average molecular weight is 511 g/mol. The molecule has 4 nitrogen and oxygen atoms in total. The van der Waals surface area contributed by atoms with Crippen molar-refractivity contribution < 1.29 is 19.1 Å². The summed E-state index contributed by atoms with van der Waals surface area (Å²) in [5, 5.41) is 0. The standard InChI is InChI=1S/C32H62O4/c1-27(2,3)19-23(20-28(4,5)6)31(13,14)35-25(33)17-18-26(34)36-32(15,16)24(21-29(7,8)9)22-30(10,11)12/h23-24H,17-22H2,1-16H3. The van der Waals surface area contributed by atoms with Crippen LogP contribution in [0, 0.1) is 33.5 Å². The highest BCUT2D eigenvalue weighted by atomic mass is 16.6. The van der Waals surface area contributed by atoms with Gasteiger partial charge in [0.15, 0.2) is 0 Å². The van der Waals surface area contributed by atoms with E-state index in [1.54, 1.807) is 0 Å². The van der Waals surface area contributed by atoms with Crippen molar-refractivity contribution in [2.75, 3.05) is 0 Å². The Balaban J connectivity index is 5.26. The molecular formula is C32H62O4. The van der Waals surface area contributed by atoms with Gasteiger partial charge in [-0.25, -0.2) is 0 Å². The van der Waals surface area contributed by atoms with Gasteiger partial charge >= 0.3 is 11.9 Å². The van der Waals surface area contributed by atoms with Crippen LogP contribution in [0.2, 0.25) is 0 Å². The molecule has 36 heavy (non-hydrogen) atoms. The molecule has 0 spiro atoms. The molecule has 0 aromatic heterocycles. The number of carbonyl (C=O) groups excluding carboxylic acids is 2. The van der Waals surface area contributed by atoms with Gasteiger partial charge < -0.3 is 9.47 Å². The van der Waals surface area contributed by atoms with E-state index >= 15 is 0 Å². The second kappa shape index (κ2) is 12.2. The summed E-state index contributed by atoms with van der Waals surface area (Å²) in [7, 11) is 0. The fourth-order valence-corrected chi connectivity index (χ4v) is 5.14. The van der Waals surface area contributed by atoms with Crippen molar-refractivity contribution in [3.05, 3.63) is 0 Å². The first-order valence-electron chi connectivity index (χ1n) is 14.1. The number of esters is 2. The van der Waals surface area contributed by atoms with E-state index < -0.39 is 11.2 Å². The third kappa shape index (κ3) is 15.9. The minimum atomic E-state index is -0.606. The van der Waals surface area contributed by atoms with Crippen LogP contribution >= 0.6 is 0 Å². The van der Waals surface area contributed by atoms with Crippen LogP contribution in [0.1, 0.15) is 149 Å². The lowest BCUT2D eigenvalue weighted by atomic mass is 9.70. The van der Waals surface area contributed by atoms with Crippen LogP contribution in [-0.4, -0.2) is 23.1 Å². The zero-order valence-electron chi connectivity index (χ0n) is 27.0. The fraction of sp³-hybridized carbons (Fsp3) is 0.938. The smallest absolute Gasteiger partial charge is 0.306 e. The molecule has 0 aliphatic carbocycles. The van der Waals surface area contributed by atoms with E-state index in [1.807, 2.05) is 27.7 Å². The van der Waals surface area contributed by atoms with E-state index in [-0.39, 0.29) is 58.3 Å². The van der Waals surface area contributed by atoms with Gasteiger partial charge in [0.1, 0.15) is 11.2 Å². The van der Waals surface area contributed by atoms with Crippen molar-refractivity contribution in [3.8, 4) is 0 Å². The summed E-state index contributed by atoms with van der Waals surface area (Å²) in [5.41, 5.74) is -0.689. The van der Waals surface area contributed by atoms with E-state index in [0.717, 1.165) is 25.7 Å². The topological polar surface area (TPSA) is 52.6 Å². The molecule has 0 rings (SSSR count). The van der Waals surface area contributed by atoms with Gasteiger partial charge in [0.05, 0.1) is 12.8 Å². The summed E-state index contributed by atoms with van der Waals surface area (Å²) in [5.74, 6) is -0.210. The van der Waals surface area contributed by atoms with E-state index in [0.29, 0.717) is 0 Å². The van der Waals surface area contributed by atoms with Crippen LogP contribution in [-0.2, 0) is 19.1 Å². The van der Waals surface area contributed by atoms with Gasteiger partial charge in [-0.1, -0.05) is 83.1 Å². The third-order valence-corrected chi connectivity index (χ3v) is 6.69. The Kier molecular flexibility index (Phi) is 11.8. The summed E-state index contributed by atoms with van der Waals surface area (Å²) in [6.07, 6.45) is 3.93. The second-order valence-corrected chi connectivity index (χ2v) is 17.1. The minimum absolute atomic E-state index is 0.0410. The monoisotopic (exact) mass is 510 g/mol. The molecule has 0 N–H and O–H groups in total. The maximum absolute atomic E-state index is 12.8. The highest BCUT2D eigenvalue weighted by Crippen LogP contribution is 2.42. The first-order chi connectivity index (χ1) is 15.6. The summed E-state index contributed by atoms with van der Waals surface area (Å²) >= 11 is 0. The van der Waals surface area contributed by atoms with Crippen molar-refractivity contribution in [2.24, 2.45) is 33.5 Å². The summed E-state index contributed by atoms with van der Waals surface area (Å²) in [6, 6.07) is 0. The van der Waals surface area contributed by atoms with Crippen molar-refractivity contribution in [2.45, 2.75) is 161 Å². The third-order valence-electron chi connectivity index (χ3n) is 6.69. The Hall–Kier alpha value is -1.06. The van der Waals surface area contributed by atoms with Crippen LogP contribution in [0.25, 0.3) is 0 Å². The van der Waals surface area contributed by atoms with Gasteiger partial charge in [-0.15, -0.1) is 0 Å². The minimum Gasteiger partial charge on any atom is -0.459 e. The van der Waals surface area contributed by atoms with Gasteiger partial charge in [0, 0.05) is 0 Å². The lowest BCUT2D eigenvalue weighted by molar-refractivity contribution is -0.171. The molecule has 214 valence electrons. The quantitative estimate of drug-likeness (QED) is 0.260. The van der Waals surface area contributed by atoms with Crippen LogP contribution in [0.5, 0.6) is 0 Å². The predicted octanol–water partition coefficient (Wildman–Crippen LogP) is 9.39. The van der Waals surface area contributed by atoms with Gasteiger partial charge in [0.2, 0.25) is 0 Å². The molecule has 0 amide bonds. The normalized spacial score (nSPS) is 14.4. The molecule has 0 aliphatic rings. The summed E-state index contributed by atoms with van der Waals surface area (Å²) < 4.78 is 12.0. The molecule has 0 aliphatic heterocycles. The first-order valence-corrected chi connectivity index (χ1v) is 14.1. The Labute approximate surface area is 225 Å². The number of hydrogen-bond donors (Lipinski definition) is 0. The lowest BCUT2D eigenvalue weighted by Gasteiger charge is -2.41. The highest BCUT2D eigenvalue weighted by molar-refractivity contribution is 5.78. The van der Waals surface area contributed by atoms with Gasteiger partial charge in [-0.05, 0) is 86.9 Å². The zero-order valence-corrected chi connectivity index (χ0v) is 27.0. The molecule has 0 fully saturated rings. The van der Waals surface area contributed by atoms with E-state index in [1.165, 1.54) is 0 Å². The van der Waals surface area contributed by atoms with Crippen molar-refractivity contribution >= 4 is 11.9 Å². The van der Waals surface area contributed by atoms with Crippen molar-refractivity contribution in [3.63, 3.8) is 0 Å². The molecule has 0 atom stereocenters. The fourth-order valence-electron chi connectivity index (χ4n) is 5.14. The largest absolute Gasteiger partial charge is 0.459 e. The second-order valence-electron chi connectivity index (χ2n) is 17.1. The van der Waals surface area contributed by atoms with Crippen LogP contribution in [0.4, 0.5) is 0 Å². The maximum Gasteiger partial charge on any atom is 0.306 e. The number of hydrogen-bond acceptors (Lipinski definition) is 4. The molecule has 0 bridgehead atoms. The average Bonchev–Trinajstić information content (AvgIpc) is 2.53. The van der Waals surface area contributed by atoms with E-state index in [2.05, 4.69) is 83.1 Å². The van der Waals surface area contributed by atoms with E-state index in [4.69, 9.17) is 9.47 Å². The van der Waals surface area contributed by atoms with Crippen LogP contribution in [0.15, 0.2) is 0 Å². The first kappa shape index (κ1) is 34.9. The molecule has 0 unspecified atom stereocenters. The van der Waals surface area contributed by atoms with Gasteiger partial charge in [0.25, 0.3) is 0 Å². The lowest BCUT2D eigenvalue weighted by Crippen LogP contribution is -2.41. The van der Waals surface area contributed by atoms with Gasteiger partial charge in [-0.2, -0.15) is 0 Å². The summed E-state index contributed by atoms with van der Waals surface area (Å²) in [6.45, 7) is 34.8. The number of carbonyl (C=O) groups is 2. The molecule has 0 saturated carbocycles. The molecule has 0 aromatic rings. The number of rotatable bonds is 11. The van der Waals surface area contributed by atoms with Crippen molar-refractivity contribution in [1.82, 2.24) is 0 Å². The predicted molar refractivity (Wildman–Crippen MR) is 153 cm³/mol. The van der Waals surface area contributed by atoms with Crippen LogP contribution in [0.3, 0.4) is 0 Å². The Morgan fingerprint density at radius 3 is 0.806 bits per heavy atom. The van der Waals surface area contributed by atoms with Gasteiger partial charge in [-0.3, -0.25) is 9.59 Å². The Bertz CT molecular complexity index is 608. The molecule has 0 heterocycles. The number of ether oxygens (including phenoxy) is 2. The Morgan fingerprint density at radius 2 is 0.639 bits per heavy atom. The SMILES string of the molecule is CC(C)(C)CC(CC(C)(C)C)C(C)(C)OC(=O)CCC(=O)OC(C)(C)C(CC(C)(C)C)CC(C)(C)C. The summed E-state index contributed by atoms with van der Waals surface area (Å²) in [4.78, 5) is 25.7. The molecule has 4 heteroatoms. The highest BCUT2D eigenvalue weighted by Gasteiger charge is 2.40. The van der Waals surface area contributed by atoms with E-state index in [9.17, 15) is 9.59 Å². The zero-order chi connectivity index (χ0) is 29.0. The molecule has 0 aromatic carbocycles. The molecule has 0 radical (unpaired) electrons. The van der Waals surface area contributed by atoms with Crippen LogP contribution < -0.4 is 0 Å².